The lowest BCUT2D eigenvalue weighted by molar-refractivity contribution is 0.0745. The fourth-order valence-electron chi connectivity index (χ4n) is 2.31. The van der Waals surface area contributed by atoms with Crippen molar-refractivity contribution in [2.24, 2.45) is 0 Å². The number of hydrogen-bond donors (Lipinski definition) is 1. The Morgan fingerprint density at radius 1 is 1.16 bits per heavy atom. The number of fused-ring (bicyclic) bond motifs is 1. The molecule has 19 heavy (non-hydrogen) atoms. The van der Waals surface area contributed by atoms with Crippen molar-refractivity contribution < 1.29 is 4.79 Å². The zero-order valence-electron chi connectivity index (χ0n) is 10.8. The van der Waals surface area contributed by atoms with Crippen LogP contribution in [-0.2, 0) is 13.1 Å². The fourth-order valence-corrected chi connectivity index (χ4v) is 2.31. The van der Waals surface area contributed by atoms with Gasteiger partial charge < -0.3 is 10.2 Å². The molecule has 0 saturated heterocycles. The molecule has 0 spiro atoms. The first kappa shape index (κ1) is 11.7. The van der Waals surface area contributed by atoms with Crippen LogP contribution in [0.2, 0.25) is 0 Å². The van der Waals surface area contributed by atoms with Crippen LogP contribution in [0.15, 0.2) is 42.6 Å². The molecule has 4 heteroatoms. The van der Waals surface area contributed by atoms with Crippen LogP contribution in [0, 0.1) is 0 Å². The molecule has 0 radical (unpaired) electrons. The average Bonchev–Trinajstić information content (AvgIpc) is 2.90. The third kappa shape index (κ3) is 2.17. The van der Waals surface area contributed by atoms with E-state index in [4.69, 9.17) is 0 Å². The number of aromatic nitrogens is 1. The van der Waals surface area contributed by atoms with Crippen molar-refractivity contribution in [1.29, 1.82) is 0 Å². The lowest BCUT2D eigenvalue weighted by Gasteiger charge is -2.14. The minimum atomic E-state index is -0.0150. The van der Waals surface area contributed by atoms with Crippen molar-refractivity contribution in [2.75, 3.05) is 12.4 Å². The molecule has 0 unspecified atom stereocenters. The van der Waals surface area contributed by atoms with Gasteiger partial charge in [0.15, 0.2) is 0 Å². The van der Waals surface area contributed by atoms with E-state index in [2.05, 4.69) is 22.4 Å². The Morgan fingerprint density at radius 3 is 2.37 bits per heavy atom. The minimum Gasteiger partial charge on any atom is -0.387 e. The van der Waals surface area contributed by atoms with E-state index in [-0.39, 0.29) is 5.91 Å². The minimum absolute atomic E-state index is 0.0150. The molecule has 4 nitrogen and oxygen atoms in total. The molecular weight excluding hydrogens is 238 g/mol. The quantitative estimate of drug-likeness (QED) is 0.893. The van der Waals surface area contributed by atoms with Crippen LogP contribution >= 0.6 is 0 Å². The van der Waals surface area contributed by atoms with Gasteiger partial charge in [0, 0.05) is 20.1 Å². The predicted octanol–water partition coefficient (Wildman–Crippen LogP) is 2.28. The molecule has 2 aromatic rings. The van der Waals surface area contributed by atoms with Crippen molar-refractivity contribution in [3.8, 4) is 0 Å². The average molecular weight is 253 g/mol. The van der Waals surface area contributed by atoms with Crippen LogP contribution in [0.1, 0.15) is 21.6 Å². The largest absolute Gasteiger partial charge is 0.387 e. The van der Waals surface area contributed by atoms with Gasteiger partial charge in [0.05, 0.1) is 11.9 Å². The van der Waals surface area contributed by atoms with Crippen LogP contribution in [0.25, 0.3) is 0 Å². The van der Waals surface area contributed by atoms with Crippen LogP contribution < -0.4 is 5.32 Å². The molecule has 1 aliphatic rings. The Morgan fingerprint density at radius 2 is 1.84 bits per heavy atom. The van der Waals surface area contributed by atoms with Crippen molar-refractivity contribution in [2.45, 2.75) is 13.1 Å². The summed E-state index contributed by atoms with van der Waals surface area (Å²) in [6.07, 6.45) is 1.68. The van der Waals surface area contributed by atoms with Crippen LogP contribution in [-0.4, -0.2) is 22.8 Å². The van der Waals surface area contributed by atoms with Gasteiger partial charge in [0.2, 0.25) is 0 Å². The number of nitrogens with zero attached hydrogens (tertiary/aromatic N) is 2. The van der Waals surface area contributed by atoms with Crippen molar-refractivity contribution >= 4 is 11.6 Å². The summed E-state index contributed by atoms with van der Waals surface area (Å²) in [7, 11) is 1.83. The standard InChI is InChI=1S/C15H15N3O/c1-16-13-6-7-14(17-8-13)15(19)18-9-11-4-2-3-5-12(11)10-18/h2-8,16H,9-10H2,1H3. The third-order valence-electron chi connectivity index (χ3n) is 3.40. The van der Waals surface area contributed by atoms with Gasteiger partial charge in [0.1, 0.15) is 5.69 Å². The van der Waals surface area contributed by atoms with Gasteiger partial charge in [-0.15, -0.1) is 0 Å². The highest BCUT2D eigenvalue weighted by molar-refractivity contribution is 5.92. The van der Waals surface area contributed by atoms with Gasteiger partial charge in [-0.25, -0.2) is 4.98 Å². The van der Waals surface area contributed by atoms with E-state index in [9.17, 15) is 4.79 Å². The topological polar surface area (TPSA) is 45.2 Å². The second kappa shape index (κ2) is 4.72. The van der Waals surface area contributed by atoms with Crippen molar-refractivity contribution in [3.05, 3.63) is 59.4 Å². The first-order valence-corrected chi connectivity index (χ1v) is 6.28. The number of pyridine rings is 1. The summed E-state index contributed by atoms with van der Waals surface area (Å²) in [5, 5.41) is 2.99. The maximum atomic E-state index is 12.4. The van der Waals surface area contributed by atoms with Gasteiger partial charge in [-0.2, -0.15) is 0 Å². The monoisotopic (exact) mass is 253 g/mol. The Bertz CT molecular complexity index is 582. The number of carbonyl (C=O) groups is 1. The zero-order valence-corrected chi connectivity index (χ0v) is 10.8. The molecule has 3 rings (SSSR count). The number of benzene rings is 1. The maximum Gasteiger partial charge on any atom is 0.273 e. The summed E-state index contributed by atoms with van der Waals surface area (Å²) in [5.41, 5.74) is 3.85. The zero-order chi connectivity index (χ0) is 13.2. The van der Waals surface area contributed by atoms with E-state index < -0.39 is 0 Å². The Balaban J connectivity index is 1.79. The summed E-state index contributed by atoms with van der Waals surface area (Å²) >= 11 is 0. The van der Waals surface area contributed by atoms with Gasteiger partial charge in [0.25, 0.3) is 5.91 Å². The lowest BCUT2D eigenvalue weighted by Crippen LogP contribution is -2.26. The second-order valence-corrected chi connectivity index (χ2v) is 4.61. The number of amides is 1. The summed E-state index contributed by atoms with van der Waals surface area (Å²) in [5.74, 6) is -0.0150. The first-order chi connectivity index (χ1) is 9.28. The first-order valence-electron chi connectivity index (χ1n) is 6.28. The molecule has 0 fully saturated rings. The van der Waals surface area contributed by atoms with Gasteiger partial charge in [-0.05, 0) is 23.3 Å². The summed E-state index contributed by atoms with van der Waals surface area (Å²) < 4.78 is 0. The number of rotatable bonds is 2. The normalized spacial score (nSPS) is 13.2. The Hall–Kier alpha value is -2.36. The van der Waals surface area contributed by atoms with E-state index in [1.165, 1.54) is 11.1 Å². The highest BCUT2D eigenvalue weighted by Gasteiger charge is 2.24. The van der Waals surface area contributed by atoms with Gasteiger partial charge in [-0.1, -0.05) is 24.3 Å². The maximum absolute atomic E-state index is 12.4. The SMILES string of the molecule is CNc1ccc(C(=O)N2Cc3ccccc3C2)nc1. The van der Waals surface area contributed by atoms with Gasteiger partial charge in [-0.3, -0.25) is 4.79 Å². The molecule has 96 valence electrons. The highest BCUT2D eigenvalue weighted by atomic mass is 16.2. The molecule has 0 atom stereocenters. The lowest BCUT2D eigenvalue weighted by atomic mass is 10.1. The van der Waals surface area contributed by atoms with Crippen molar-refractivity contribution in [1.82, 2.24) is 9.88 Å². The number of hydrogen-bond acceptors (Lipinski definition) is 3. The van der Waals surface area contributed by atoms with Gasteiger partial charge >= 0.3 is 0 Å². The second-order valence-electron chi connectivity index (χ2n) is 4.61. The molecule has 2 heterocycles. The van der Waals surface area contributed by atoms with E-state index >= 15 is 0 Å². The number of nitrogens with one attached hydrogen (secondary N) is 1. The molecule has 0 aliphatic carbocycles. The molecule has 0 saturated carbocycles. The Labute approximate surface area is 112 Å². The third-order valence-corrected chi connectivity index (χ3v) is 3.40. The van der Waals surface area contributed by atoms with E-state index in [1.807, 2.05) is 30.1 Å². The van der Waals surface area contributed by atoms with Crippen molar-refractivity contribution in [3.63, 3.8) is 0 Å². The molecule has 1 N–H and O–H groups in total. The summed E-state index contributed by atoms with van der Waals surface area (Å²) in [6, 6.07) is 11.8. The van der Waals surface area contributed by atoms with Crippen LogP contribution in [0.3, 0.4) is 0 Å². The number of anilines is 1. The molecule has 1 aliphatic heterocycles. The Kier molecular flexibility index (Phi) is 2.91. The van der Waals surface area contributed by atoms with E-state index in [1.54, 1.807) is 12.3 Å². The molecule has 1 aromatic heterocycles. The van der Waals surface area contributed by atoms with Crippen LogP contribution in [0.5, 0.6) is 0 Å². The number of carbonyl (C=O) groups excluding carboxylic acids is 1. The predicted molar refractivity (Wildman–Crippen MR) is 73.8 cm³/mol. The molecular formula is C15H15N3O. The molecule has 1 aromatic carbocycles. The van der Waals surface area contributed by atoms with Crippen LogP contribution in [0.4, 0.5) is 5.69 Å². The summed E-state index contributed by atoms with van der Waals surface area (Å²) in [6.45, 7) is 1.34. The molecule has 0 bridgehead atoms. The summed E-state index contributed by atoms with van der Waals surface area (Å²) in [4.78, 5) is 18.4. The van der Waals surface area contributed by atoms with E-state index in [0.29, 0.717) is 18.8 Å². The van der Waals surface area contributed by atoms with E-state index in [0.717, 1.165) is 5.69 Å². The molecule has 1 amide bonds. The smallest absolute Gasteiger partial charge is 0.273 e. The fraction of sp³-hybridized carbons (Fsp3) is 0.200. The highest BCUT2D eigenvalue weighted by Crippen LogP contribution is 2.23.